The quantitative estimate of drug-likeness (QED) is 0.507. The highest BCUT2D eigenvalue weighted by Crippen LogP contribution is 2.10. The van der Waals surface area contributed by atoms with Gasteiger partial charge >= 0.3 is 0 Å². The molecule has 0 spiro atoms. The van der Waals surface area contributed by atoms with Crippen LogP contribution in [0, 0.1) is 27.7 Å². The van der Waals surface area contributed by atoms with E-state index in [1.165, 1.54) is 38.5 Å². The normalized spacial score (nSPS) is 9.33. The summed E-state index contributed by atoms with van der Waals surface area (Å²) in [5.74, 6) is 0. The van der Waals surface area contributed by atoms with Crippen molar-refractivity contribution >= 4 is 38.1 Å². The third kappa shape index (κ3) is 2.15. The Kier molecular flexibility index (Phi) is 4.61. The lowest BCUT2D eigenvalue weighted by molar-refractivity contribution is 1.27. The SMILES string of the molecule is Cc1cc(C)c(C)[c]([AlH2])c1C.[AlH3]. The van der Waals surface area contributed by atoms with Crippen molar-refractivity contribution in [3.05, 3.63) is 28.3 Å². The summed E-state index contributed by atoms with van der Waals surface area (Å²) in [6, 6.07) is 2.28. The monoisotopic (exact) mass is 192 g/mol. The van der Waals surface area contributed by atoms with Gasteiger partial charge in [-0.05, 0) is 38.8 Å². The van der Waals surface area contributed by atoms with E-state index < -0.39 is 0 Å². The predicted octanol–water partition coefficient (Wildman–Crippen LogP) is -0.00522. The van der Waals surface area contributed by atoms with E-state index in [0.717, 1.165) is 0 Å². The Balaban J connectivity index is 0.00000121. The molecule has 0 nitrogen and oxygen atoms in total. The first-order chi connectivity index (χ1) is 5.04. The molecule has 0 amide bonds. The van der Waals surface area contributed by atoms with Crippen LogP contribution in [0.15, 0.2) is 6.07 Å². The number of benzene rings is 1. The first kappa shape index (κ1) is 12.3. The molecule has 0 saturated heterocycles. The molecule has 0 heterocycles. The van der Waals surface area contributed by atoms with Crippen LogP contribution >= 0.6 is 0 Å². The van der Waals surface area contributed by atoms with Gasteiger partial charge in [0.05, 0.1) is 0 Å². The van der Waals surface area contributed by atoms with E-state index in [2.05, 4.69) is 33.8 Å². The third-order valence-electron chi connectivity index (χ3n) is 2.74. The first-order valence-corrected chi connectivity index (χ1v) is 5.08. The molecule has 0 aliphatic carbocycles. The molecule has 0 saturated carbocycles. The molecule has 0 aliphatic rings. The van der Waals surface area contributed by atoms with E-state index in [1.54, 1.807) is 4.43 Å². The van der Waals surface area contributed by atoms with Gasteiger partial charge in [-0.2, -0.15) is 0 Å². The summed E-state index contributed by atoms with van der Waals surface area (Å²) < 4.78 is 1.59. The summed E-state index contributed by atoms with van der Waals surface area (Å²) in [7, 11) is 0. The number of aryl methyl sites for hydroxylation is 2. The minimum atomic E-state index is 0. The van der Waals surface area contributed by atoms with Crippen LogP contribution in [0.1, 0.15) is 22.3 Å². The zero-order valence-corrected chi connectivity index (χ0v) is 10.1. The maximum Gasteiger partial charge on any atom is 0.259 e. The molecule has 64 valence electrons. The second-order valence-electron chi connectivity index (χ2n) is 3.39. The Labute approximate surface area is 93.9 Å². The fourth-order valence-electron chi connectivity index (χ4n) is 1.41. The van der Waals surface area contributed by atoms with Gasteiger partial charge in [0.25, 0.3) is 16.3 Å². The van der Waals surface area contributed by atoms with Gasteiger partial charge in [0, 0.05) is 0 Å². The molecule has 0 fully saturated rings. The molecule has 12 heavy (non-hydrogen) atoms. The molecule has 0 radical (unpaired) electrons. The molecule has 1 aromatic rings. The summed E-state index contributed by atoms with van der Waals surface area (Å²) >= 11 is 1.18. The Bertz CT molecular complexity index is 264. The van der Waals surface area contributed by atoms with E-state index >= 15 is 0 Å². The molecule has 0 unspecified atom stereocenters. The largest absolute Gasteiger partial charge is 0.259 e. The van der Waals surface area contributed by atoms with Crippen LogP contribution in [0.5, 0.6) is 0 Å². The second-order valence-corrected chi connectivity index (χ2v) is 4.39. The maximum absolute atomic E-state index is 2.28. The Morgan fingerprint density at radius 1 is 0.917 bits per heavy atom. The van der Waals surface area contributed by atoms with Crippen molar-refractivity contribution in [3.63, 3.8) is 0 Å². The molecule has 0 atom stereocenters. The van der Waals surface area contributed by atoms with Gasteiger partial charge in [0.15, 0.2) is 17.4 Å². The van der Waals surface area contributed by atoms with Gasteiger partial charge in [0.2, 0.25) is 0 Å². The summed E-state index contributed by atoms with van der Waals surface area (Å²) in [6.07, 6.45) is 0. The van der Waals surface area contributed by atoms with Crippen molar-refractivity contribution in [3.8, 4) is 0 Å². The van der Waals surface area contributed by atoms with Gasteiger partial charge in [-0.3, -0.25) is 0 Å². The van der Waals surface area contributed by atoms with Crippen molar-refractivity contribution in [1.29, 1.82) is 0 Å². The summed E-state index contributed by atoms with van der Waals surface area (Å²) in [6.45, 7) is 8.85. The van der Waals surface area contributed by atoms with E-state index in [0.29, 0.717) is 0 Å². The van der Waals surface area contributed by atoms with Crippen LogP contribution in [0.25, 0.3) is 0 Å². The average Bonchev–Trinajstić information content (AvgIpc) is 1.97. The Morgan fingerprint density at radius 2 is 1.25 bits per heavy atom. The summed E-state index contributed by atoms with van der Waals surface area (Å²) in [5, 5.41) is 0. The third-order valence-corrected chi connectivity index (χ3v) is 4.24. The van der Waals surface area contributed by atoms with Crippen molar-refractivity contribution in [2.24, 2.45) is 0 Å². The fourth-order valence-corrected chi connectivity index (χ4v) is 2.20. The molecule has 1 rings (SSSR count). The predicted molar refractivity (Wildman–Crippen MR) is 63.5 cm³/mol. The Morgan fingerprint density at radius 3 is 1.58 bits per heavy atom. The van der Waals surface area contributed by atoms with E-state index in [-0.39, 0.29) is 17.4 Å². The number of rotatable bonds is 0. The van der Waals surface area contributed by atoms with Crippen LogP contribution in [0.4, 0.5) is 0 Å². The van der Waals surface area contributed by atoms with Gasteiger partial charge in [-0.1, -0.05) is 17.2 Å². The lowest BCUT2D eigenvalue weighted by Crippen LogP contribution is -2.14. The molecule has 0 bridgehead atoms. The van der Waals surface area contributed by atoms with Gasteiger partial charge in [0.1, 0.15) is 0 Å². The van der Waals surface area contributed by atoms with Crippen molar-refractivity contribution in [1.82, 2.24) is 0 Å². The molecule has 0 aliphatic heterocycles. The summed E-state index contributed by atoms with van der Waals surface area (Å²) in [4.78, 5) is 0. The maximum atomic E-state index is 2.28. The topological polar surface area (TPSA) is 0 Å². The summed E-state index contributed by atoms with van der Waals surface area (Å²) in [5.41, 5.74) is 5.88. The molecule has 2 heteroatoms. The molecule has 1 aromatic carbocycles. The fraction of sp³-hybridized carbons (Fsp3) is 0.400. The first-order valence-electron chi connectivity index (χ1n) is 4.08. The second kappa shape index (κ2) is 4.50. The van der Waals surface area contributed by atoms with E-state index in [1.807, 2.05) is 0 Å². The van der Waals surface area contributed by atoms with Crippen molar-refractivity contribution < 1.29 is 0 Å². The zero-order chi connectivity index (χ0) is 8.59. The lowest BCUT2D eigenvalue weighted by atomic mass is 10.0. The van der Waals surface area contributed by atoms with Crippen LogP contribution in [0.2, 0.25) is 0 Å². The molecular weight excluding hydrogens is 174 g/mol. The van der Waals surface area contributed by atoms with E-state index in [4.69, 9.17) is 0 Å². The molecule has 0 aromatic heterocycles. The van der Waals surface area contributed by atoms with Crippen LogP contribution < -0.4 is 4.43 Å². The standard InChI is InChI=1S/C10H13.2Al.5H/c1-7-5-9(3)10(4)6-8(7)2;;;;;;;/h5H,1-4H3;;;;;;;. The smallest absolute Gasteiger partial charge is 0.115 e. The van der Waals surface area contributed by atoms with Crippen LogP contribution in [-0.2, 0) is 0 Å². The minimum Gasteiger partial charge on any atom is -0.115 e. The van der Waals surface area contributed by atoms with Gasteiger partial charge in [-0.25, -0.2) is 0 Å². The highest BCUT2D eigenvalue weighted by Gasteiger charge is 2.01. The average molecular weight is 192 g/mol. The van der Waals surface area contributed by atoms with Crippen LogP contribution in [-0.4, -0.2) is 33.7 Å². The van der Waals surface area contributed by atoms with E-state index in [9.17, 15) is 0 Å². The van der Waals surface area contributed by atoms with Gasteiger partial charge < -0.3 is 0 Å². The molecular formula is C10H18Al2. The minimum absolute atomic E-state index is 0. The lowest BCUT2D eigenvalue weighted by Gasteiger charge is -2.11. The highest BCUT2D eigenvalue weighted by molar-refractivity contribution is 6.34. The van der Waals surface area contributed by atoms with Gasteiger partial charge in [-0.15, -0.1) is 4.43 Å². The Hall–Kier alpha value is 0.285. The van der Waals surface area contributed by atoms with Crippen molar-refractivity contribution in [2.45, 2.75) is 27.7 Å². The number of hydrogen-bond donors (Lipinski definition) is 0. The number of hydrogen-bond acceptors (Lipinski definition) is 0. The van der Waals surface area contributed by atoms with Crippen LogP contribution in [0.3, 0.4) is 0 Å². The molecule has 0 N–H and O–H groups in total. The zero-order valence-electron chi connectivity index (χ0n) is 8.08. The highest BCUT2D eigenvalue weighted by atomic mass is 27.0. The van der Waals surface area contributed by atoms with Crippen molar-refractivity contribution in [2.75, 3.05) is 0 Å².